The third-order valence-corrected chi connectivity index (χ3v) is 6.14. The summed E-state index contributed by atoms with van der Waals surface area (Å²) < 4.78 is 34.1. The van der Waals surface area contributed by atoms with Crippen LogP contribution in [-0.4, -0.2) is 28.8 Å². The first kappa shape index (κ1) is 23.8. The molecule has 0 bridgehead atoms. The number of halogens is 4. The summed E-state index contributed by atoms with van der Waals surface area (Å²) in [7, 11) is 1.27. The van der Waals surface area contributed by atoms with Gasteiger partial charge in [0.15, 0.2) is 0 Å². The Kier molecular flexibility index (Phi) is 6.38. The van der Waals surface area contributed by atoms with E-state index in [2.05, 4.69) is 20.3 Å². The van der Waals surface area contributed by atoms with Crippen molar-refractivity contribution in [2.24, 2.45) is 4.99 Å². The van der Waals surface area contributed by atoms with E-state index in [4.69, 9.17) is 27.9 Å². The molecule has 3 aromatic carbocycles. The Bertz CT molecular complexity index is 1540. The van der Waals surface area contributed by atoms with E-state index in [-0.39, 0.29) is 34.4 Å². The average molecular weight is 525 g/mol. The molecule has 0 spiro atoms. The highest BCUT2D eigenvalue weighted by Gasteiger charge is 2.25. The van der Waals surface area contributed by atoms with Gasteiger partial charge in [-0.25, -0.2) is 23.5 Å². The summed E-state index contributed by atoms with van der Waals surface area (Å²) in [6.45, 7) is 0.102. The van der Waals surface area contributed by atoms with Gasteiger partial charge in [-0.05, 0) is 42.5 Å². The van der Waals surface area contributed by atoms with Gasteiger partial charge in [0.05, 0.1) is 41.2 Å². The summed E-state index contributed by atoms with van der Waals surface area (Å²) in [5.74, 6) is -1.76. The van der Waals surface area contributed by atoms with Crippen LogP contribution < -0.4 is 5.32 Å². The summed E-state index contributed by atoms with van der Waals surface area (Å²) in [4.78, 5) is 25.3. The Labute approximate surface area is 214 Å². The third kappa shape index (κ3) is 4.41. The predicted octanol–water partition coefficient (Wildman–Crippen LogP) is 6.61. The number of ether oxygens (including phenoxy) is 1. The molecule has 0 saturated heterocycles. The zero-order valence-corrected chi connectivity index (χ0v) is 20.2. The van der Waals surface area contributed by atoms with Crippen molar-refractivity contribution in [1.82, 2.24) is 9.97 Å². The number of rotatable bonds is 4. The van der Waals surface area contributed by atoms with Crippen molar-refractivity contribution in [1.29, 1.82) is 0 Å². The average Bonchev–Trinajstić information content (AvgIpc) is 3.00. The Morgan fingerprint density at radius 2 is 1.81 bits per heavy atom. The van der Waals surface area contributed by atoms with E-state index in [9.17, 15) is 13.6 Å². The van der Waals surface area contributed by atoms with Crippen LogP contribution >= 0.6 is 23.2 Å². The van der Waals surface area contributed by atoms with E-state index < -0.39 is 17.6 Å². The van der Waals surface area contributed by atoms with Crippen molar-refractivity contribution >= 4 is 46.5 Å². The van der Waals surface area contributed by atoms with Crippen LogP contribution in [0.25, 0.3) is 11.3 Å². The highest BCUT2D eigenvalue weighted by atomic mass is 35.5. The second-order valence-electron chi connectivity index (χ2n) is 7.83. The molecule has 6 nitrogen and oxygen atoms in total. The Morgan fingerprint density at radius 1 is 1.03 bits per heavy atom. The Morgan fingerprint density at radius 3 is 2.53 bits per heavy atom. The van der Waals surface area contributed by atoms with Crippen LogP contribution in [0.3, 0.4) is 0 Å². The molecule has 180 valence electrons. The molecule has 1 aliphatic heterocycles. The van der Waals surface area contributed by atoms with Gasteiger partial charge in [-0.15, -0.1) is 0 Å². The van der Waals surface area contributed by atoms with E-state index in [1.807, 2.05) is 0 Å². The summed E-state index contributed by atoms with van der Waals surface area (Å²) in [5.41, 5.74) is 2.91. The second-order valence-corrected chi connectivity index (χ2v) is 8.67. The topological polar surface area (TPSA) is 76.5 Å². The summed E-state index contributed by atoms with van der Waals surface area (Å²) in [5, 5.41) is 3.64. The predicted molar refractivity (Wildman–Crippen MR) is 134 cm³/mol. The molecule has 0 amide bonds. The molecule has 5 rings (SSSR count). The lowest BCUT2D eigenvalue weighted by Crippen LogP contribution is -2.10. The van der Waals surface area contributed by atoms with Gasteiger partial charge in [0, 0.05) is 33.6 Å². The van der Waals surface area contributed by atoms with Crippen molar-refractivity contribution in [3.8, 4) is 11.3 Å². The van der Waals surface area contributed by atoms with Gasteiger partial charge in [0.25, 0.3) is 0 Å². The lowest BCUT2D eigenvalue weighted by molar-refractivity contribution is 0.0601. The number of nitrogens with zero attached hydrogens (tertiary/aromatic N) is 3. The molecule has 0 saturated carbocycles. The first-order valence-electron chi connectivity index (χ1n) is 10.7. The van der Waals surface area contributed by atoms with Crippen LogP contribution in [-0.2, 0) is 11.3 Å². The van der Waals surface area contributed by atoms with Crippen molar-refractivity contribution in [2.45, 2.75) is 6.54 Å². The largest absolute Gasteiger partial charge is 0.465 e. The van der Waals surface area contributed by atoms with Crippen LogP contribution in [0, 0.1) is 11.6 Å². The maximum absolute atomic E-state index is 14.7. The number of hydrogen-bond acceptors (Lipinski definition) is 6. The number of hydrogen-bond donors (Lipinski definition) is 1. The Hall–Kier alpha value is -3.88. The van der Waals surface area contributed by atoms with Gasteiger partial charge in [-0.2, -0.15) is 0 Å². The van der Waals surface area contributed by atoms with Crippen molar-refractivity contribution in [3.63, 3.8) is 0 Å². The van der Waals surface area contributed by atoms with E-state index >= 15 is 0 Å². The zero-order chi connectivity index (χ0) is 25.4. The minimum atomic E-state index is -0.730. The minimum absolute atomic E-state index is 0.102. The first-order valence-corrected chi connectivity index (χ1v) is 11.4. The van der Waals surface area contributed by atoms with Crippen LogP contribution in [0.5, 0.6) is 0 Å². The van der Waals surface area contributed by atoms with E-state index in [0.29, 0.717) is 33.1 Å². The Balaban J connectivity index is 1.57. The standard InChI is InChI=1S/C26H16Cl2F2N4O2/c1-36-25(35)17-8-6-15(10-19(17)28)33-26-32-12-13-11-31-24(22-20(29)3-2-4-21(22)30)18-9-14(27)5-7-16(18)23(13)34-26/h2-10,12H,11H2,1H3,(H,32,33,34). The number of nitrogens with one attached hydrogen (secondary N) is 1. The molecular formula is C26H16Cl2F2N4O2. The molecule has 1 N–H and O–H groups in total. The van der Waals surface area contributed by atoms with E-state index in [0.717, 1.165) is 0 Å². The fourth-order valence-corrected chi connectivity index (χ4v) is 4.35. The molecule has 0 aliphatic carbocycles. The molecule has 0 radical (unpaired) electrons. The second kappa shape index (κ2) is 9.64. The third-order valence-electron chi connectivity index (χ3n) is 5.59. The van der Waals surface area contributed by atoms with Crippen LogP contribution in [0.4, 0.5) is 20.4 Å². The monoisotopic (exact) mass is 524 g/mol. The molecule has 1 aliphatic rings. The molecule has 0 fully saturated rings. The van der Waals surface area contributed by atoms with Crippen LogP contribution in [0.1, 0.15) is 27.0 Å². The maximum atomic E-state index is 14.7. The lowest BCUT2D eigenvalue weighted by Gasteiger charge is -2.13. The molecule has 1 aromatic heterocycles. The number of carbonyl (C=O) groups is 1. The number of fused-ring (bicyclic) bond motifs is 3. The minimum Gasteiger partial charge on any atom is -0.465 e. The van der Waals surface area contributed by atoms with Gasteiger partial charge in [0.1, 0.15) is 11.6 Å². The van der Waals surface area contributed by atoms with Gasteiger partial charge < -0.3 is 10.1 Å². The molecule has 0 atom stereocenters. The number of esters is 1. The number of aliphatic imine (C=N–C) groups is 1. The molecule has 0 unspecified atom stereocenters. The first-order chi connectivity index (χ1) is 17.4. The van der Waals surface area contributed by atoms with Crippen molar-refractivity contribution < 1.29 is 18.3 Å². The number of aromatic nitrogens is 2. The SMILES string of the molecule is COC(=O)c1ccc(Nc2ncc3c(n2)-c2ccc(Cl)cc2C(c2c(F)cccc2F)=NC3)cc1Cl. The summed E-state index contributed by atoms with van der Waals surface area (Å²) in [6, 6.07) is 13.4. The molecule has 2 heterocycles. The van der Waals surface area contributed by atoms with Gasteiger partial charge in [-0.3, -0.25) is 4.99 Å². The van der Waals surface area contributed by atoms with Crippen molar-refractivity contribution in [2.75, 3.05) is 12.4 Å². The van der Waals surface area contributed by atoms with Crippen molar-refractivity contribution in [3.05, 3.63) is 105 Å². The summed E-state index contributed by atoms with van der Waals surface area (Å²) in [6.07, 6.45) is 1.59. The number of carbonyl (C=O) groups excluding carboxylic acids is 1. The van der Waals surface area contributed by atoms with Gasteiger partial charge in [-0.1, -0.05) is 35.3 Å². The smallest absolute Gasteiger partial charge is 0.339 e. The maximum Gasteiger partial charge on any atom is 0.339 e. The lowest BCUT2D eigenvalue weighted by atomic mass is 9.95. The molecule has 36 heavy (non-hydrogen) atoms. The summed E-state index contributed by atoms with van der Waals surface area (Å²) >= 11 is 12.5. The fourth-order valence-electron chi connectivity index (χ4n) is 3.92. The normalized spacial score (nSPS) is 12.2. The van der Waals surface area contributed by atoms with Crippen LogP contribution in [0.2, 0.25) is 10.0 Å². The fraction of sp³-hybridized carbons (Fsp3) is 0.0769. The van der Waals surface area contributed by atoms with Crippen LogP contribution in [0.15, 0.2) is 65.8 Å². The van der Waals surface area contributed by atoms with Gasteiger partial charge >= 0.3 is 5.97 Å². The highest BCUT2D eigenvalue weighted by molar-refractivity contribution is 6.34. The van der Waals surface area contributed by atoms with E-state index in [1.54, 1.807) is 36.5 Å². The number of anilines is 2. The zero-order valence-electron chi connectivity index (χ0n) is 18.7. The van der Waals surface area contributed by atoms with Gasteiger partial charge in [0.2, 0.25) is 5.95 Å². The quantitative estimate of drug-likeness (QED) is 0.304. The number of benzene rings is 3. The van der Waals surface area contributed by atoms with E-state index in [1.165, 1.54) is 31.4 Å². The highest BCUT2D eigenvalue weighted by Crippen LogP contribution is 2.35. The number of methoxy groups -OCH3 is 1. The molecular weight excluding hydrogens is 509 g/mol. The molecule has 4 aromatic rings. The molecule has 10 heteroatoms.